The van der Waals surface area contributed by atoms with Gasteiger partial charge in [-0.2, -0.15) is 4.31 Å². The summed E-state index contributed by atoms with van der Waals surface area (Å²) in [5, 5.41) is 2.73. The van der Waals surface area contributed by atoms with Crippen molar-refractivity contribution in [1.82, 2.24) is 9.29 Å². The van der Waals surface area contributed by atoms with Crippen LogP contribution in [0.1, 0.15) is 32.1 Å². The SMILES string of the molecule is CCOc1ccc(NC(=O)CCc2ncc(-c3ccccc3F)o2)cc1S(=O)(=O)N1CCCC1. The molecule has 1 fully saturated rings. The largest absolute Gasteiger partial charge is 0.492 e. The van der Waals surface area contributed by atoms with E-state index in [2.05, 4.69) is 10.3 Å². The van der Waals surface area contributed by atoms with Gasteiger partial charge in [0.05, 0.1) is 18.4 Å². The molecule has 0 aliphatic carbocycles. The molecule has 4 rings (SSSR count). The zero-order valence-corrected chi connectivity index (χ0v) is 19.6. The molecule has 1 N–H and O–H groups in total. The molecular weight excluding hydrogens is 461 g/mol. The molecule has 0 bridgehead atoms. The summed E-state index contributed by atoms with van der Waals surface area (Å²) in [7, 11) is -3.73. The smallest absolute Gasteiger partial charge is 0.246 e. The van der Waals surface area contributed by atoms with E-state index in [1.54, 1.807) is 37.3 Å². The van der Waals surface area contributed by atoms with Crippen molar-refractivity contribution in [2.75, 3.05) is 25.0 Å². The predicted octanol–water partition coefficient (Wildman–Crippen LogP) is 4.24. The van der Waals surface area contributed by atoms with Gasteiger partial charge in [-0.1, -0.05) is 12.1 Å². The Labute approximate surface area is 197 Å². The minimum atomic E-state index is -3.73. The maximum absolute atomic E-state index is 13.9. The number of hydrogen-bond acceptors (Lipinski definition) is 6. The number of rotatable bonds is 9. The minimum absolute atomic E-state index is 0.0382. The molecule has 180 valence electrons. The van der Waals surface area contributed by atoms with Crippen LogP contribution in [-0.4, -0.2) is 43.3 Å². The van der Waals surface area contributed by atoms with Crippen LogP contribution in [0.15, 0.2) is 58.0 Å². The summed E-state index contributed by atoms with van der Waals surface area (Å²) in [5.74, 6) is 0.0967. The Morgan fingerprint density at radius 2 is 1.97 bits per heavy atom. The first-order valence-corrected chi connectivity index (χ1v) is 12.6. The molecule has 8 nitrogen and oxygen atoms in total. The lowest BCUT2D eigenvalue weighted by Crippen LogP contribution is -2.28. The van der Waals surface area contributed by atoms with Gasteiger partial charge in [0.15, 0.2) is 11.7 Å². The normalized spacial score (nSPS) is 14.3. The number of halogens is 1. The van der Waals surface area contributed by atoms with Gasteiger partial charge in [-0.05, 0) is 50.1 Å². The number of anilines is 1. The Hall–Kier alpha value is -3.24. The lowest BCUT2D eigenvalue weighted by atomic mass is 10.2. The second-order valence-electron chi connectivity index (χ2n) is 7.85. The van der Waals surface area contributed by atoms with Crippen LogP contribution in [0.25, 0.3) is 11.3 Å². The van der Waals surface area contributed by atoms with Crippen LogP contribution in [0.3, 0.4) is 0 Å². The van der Waals surface area contributed by atoms with E-state index >= 15 is 0 Å². The van der Waals surface area contributed by atoms with Crippen molar-refractivity contribution in [3.05, 3.63) is 60.4 Å². The number of hydrogen-bond donors (Lipinski definition) is 1. The van der Waals surface area contributed by atoms with E-state index < -0.39 is 15.8 Å². The van der Waals surface area contributed by atoms with E-state index in [0.29, 0.717) is 36.8 Å². The van der Waals surface area contributed by atoms with Gasteiger partial charge in [-0.15, -0.1) is 0 Å². The van der Waals surface area contributed by atoms with E-state index in [9.17, 15) is 17.6 Å². The molecule has 10 heteroatoms. The Bertz CT molecular complexity index is 1270. The van der Waals surface area contributed by atoms with Gasteiger partial charge in [-0.3, -0.25) is 4.79 Å². The third-order valence-electron chi connectivity index (χ3n) is 5.47. The molecule has 1 amide bonds. The first kappa shape index (κ1) is 23.9. The number of amides is 1. The molecule has 1 aliphatic heterocycles. The second kappa shape index (κ2) is 10.4. The van der Waals surface area contributed by atoms with E-state index in [4.69, 9.17) is 9.15 Å². The van der Waals surface area contributed by atoms with Crippen molar-refractivity contribution in [3.63, 3.8) is 0 Å². The number of aryl methyl sites for hydroxylation is 1. The average molecular weight is 488 g/mol. The number of carbonyl (C=O) groups excluding carboxylic acids is 1. The fourth-order valence-electron chi connectivity index (χ4n) is 3.79. The van der Waals surface area contributed by atoms with Gasteiger partial charge < -0.3 is 14.5 Å². The highest BCUT2D eigenvalue weighted by atomic mass is 32.2. The number of nitrogens with zero attached hydrogens (tertiary/aromatic N) is 2. The second-order valence-corrected chi connectivity index (χ2v) is 9.76. The van der Waals surface area contributed by atoms with Gasteiger partial charge in [0, 0.05) is 31.6 Å². The molecule has 1 aromatic heterocycles. The molecule has 0 saturated carbocycles. The molecule has 2 aromatic carbocycles. The van der Waals surface area contributed by atoms with Gasteiger partial charge in [-0.25, -0.2) is 17.8 Å². The zero-order chi connectivity index (χ0) is 24.1. The number of ether oxygens (including phenoxy) is 1. The molecule has 1 aliphatic rings. The molecule has 0 radical (unpaired) electrons. The Kier molecular flexibility index (Phi) is 7.28. The summed E-state index contributed by atoms with van der Waals surface area (Å²) in [6.45, 7) is 3.03. The molecule has 0 spiro atoms. The third-order valence-corrected chi connectivity index (χ3v) is 7.39. The molecular formula is C24H26FN3O5S. The third kappa shape index (κ3) is 5.28. The molecule has 2 heterocycles. The van der Waals surface area contributed by atoms with Crippen LogP contribution < -0.4 is 10.1 Å². The first-order chi connectivity index (χ1) is 16.4. The van der Waals surface area contributed by atoms with E-state index in [-0.39, 0.29) is 35.2 Å². The molecule has 3 aromatic rings. The topological polar surface area (TPSA) is 102 Å². The van der Waals surface area contributed by atoms with E-state index in [1.807, 2.05) is 0 Å². The maximum Gasteiger partial charge on any atom is 0.246 e. The number of benzene rings is 2. The van der Waals surface area contributed by atoms with Gasteiger partial charge in [0.1, 0.15) is 16.5 Å². The van der Waals surface area contributed by atoms with Crippen LogP contribution in [-0.2, 0) is 21.2 Å². The van der Waals surface area contributed by atoms with Crippen molar-refractivity contribution in [2.24, 2.45) is 0 Å². The Balaban J connectivity index is 1.44. The fraction of sp³-hybridized carbons (Fsp3) is 0.333. The molecule has 1 saturated heterocycles. The van der Waals surface area contributed by atoms with Crippen molar-refractivity contribution < 1.29 is 26.8 Å². The summed E-state index contributed by atoms with van der Waals surface area (Å²) < 4.78 is 52.7. The van der Waals surface area contributed by atoms with Gasteiger partial charge in [0.2, 0.25) is 15.9 Å². The summed E-state index contributed by atoms with van der Waals surface area (Å²) in [6, 6.07) is 10.8. The van der Waals surface area contributed by atoms with E-state index in [0.717, 1.165) is 12.8 Å². The Morgan fingerprint density at radius 1 is 1.21 bits per heavy atom. The summed E-state index contributed by atoms with van der Waals surface area (Å²) >= 11 is 0. The molecule has 0 unspecified atom stereocenters. The zero-order valence-electron chi connectivity index (χ0n) is 18.8. The number of aromatic nitrogens is 1. The van der Waals surface area contributed by atoms with Crippen LogP contribution in [0.5, 0.6) is 5.75 Å². The van der Waals surface area contributed by atoms with Crippen LogP contribution in [0.2, 0.25) is 0 Å². The van der Waals surface area contributed by atoms with Gasteiger partial charge in [0.25, 0.3) is 0 Å². The number of carbonyl (C=O) groups is 1. The van der Waals surface area contributed by atoms with Crippen molar-refractivity contribution >= 4 is 21.6 Å². The highest BCUT2D eigenvalue weighted by molar-refractivity contribution is 7.89. The first-order valence-electron chi connectivity index (χ1n) is 11.1. The summed E-state index contributed by atoms with van der Waals surface area (Å²) in [4.78, 5) is 16.7. The Morgan fingerprint density at radius 3 is 2.71 bits per heavy atom. The highest BCUT2D eigenvalue weighted by Crippen LogP contribution is 2.32. The van der Waals surface area contributed by atoms with Crippen LogP contribution >= 0.6 is 0 Å². The molecule has 34 heavy (non-hydrogen) atoms. The predicted molar refractivity (Wildman–Crippen MR) is 124 cm³/mol. The molecule has 0 atom stereocenters. The van der Waals surface area contributed by atoms with Crippen molar-refractivity contribution in [1.29, 1.82) is 0 Å². The van der Waals surface area contributed by atoms with Gasteiger partial charge >= 0.3 is 0 Å². The lowest BCUT2D eigenvalue weighted by Gasteiger charge is -2.19. The standard InChI is InChI=1S/C24H26FN3O5S/c1-2-32-20-10-9-17(15-22(20)34(30,31)28-13-5-6-14-28)27-23(29)11-12-24-26-16-21(33-24)18-7-3-4-8-19(18)25/h3-4,7-10,15-16H,2,5-6,11-14H2,1H3,(H,27,29). The van der Waals surface area contributed by atoms with E-state index in [1.165, 1.54) is 22.6 Å². The van der Waals surface area contributed by atoms with Crippen LogP contribution in [0, 0.1) is 5.82 Å². The average Bonchev–Trinajstić information content (AvgIpc) is 3.52. The number of sulfonamides is 1. The van der Waals surface area contributed by atoms with Crippen molar-refractivity contribution in [2.45, 2.75) is 37.5 Å². The fourth-order valence-corrected chi connectivity index (χ4v) is 5.46. The highest BCUT2D eigenvalue weighted by Gasteiger charge is 2.30. The van der Waals surface area contributed by atoms with Crippen LogP contribution in [0.4, 0.5) is 10.1 Å². The summed E-state index contributed by atoms with van der Waals surface area (Å²) in [5.41, 5.74) is 0.650. The van der Waals surface area contributed by atoms with Crippen molar-refractivity contribution in [3.8, 4) is 17.1 Å². The monoisotopic (exact) mass is 487 g/mol. The summed E-state index contributed by atoms with van der Waals surface area (Å²) in [6.07, 6.45) is 3.32. The quantitative estimate of drug-likeness (QED) is 0.485. The minimum Gasteiger partial charge on any atom is -0.492 e. The maximum atomic E-state index is 13.9. The number of nitrogens with one attached hydrogen (secondary N) is 1. The number of oxazole rings is 1. The lowest BCUT2D eigenvalue weighted by molar-refractivity contribution is -0.116.